The molecule has 0 aliphatic carbocycles. The number of piperidine rings is 1. The predicted octanol–water partition coefficient (Wildman–Crippen LogP) is 1.45. The molecule has 0 saturated carbocycles. The van der Waals surface area contributed by atoms with Crippen LogP contribution in [0.1, 0.15) is 25.0 Å². The molecule has 1 aromatic rings. The van der Waals surface area contributed by atoms with E-state index in [1.165, 1.54) is 6.26 Å². The van der Waals surface area contributed by atoms with Crippen molar-refractivity contribution < 1.29 is 13.2 Å². The van der Waals surface area contributed by atoms with E-state index in [9.17, 15) is 8.42 Å². The van der Waals surface area contributed by atoms with Crippen LogP contribution >= 0.6 is 0 Å². The Hall–Kier alpha value is -0.980. The predicted molar refractivity (Wildman–Crippen MR) is 80.4 cm³/mol. The van der Waals surface area contributed by atoms with Gasteiger partial charge in [-0.3, -0.25) is 4.98 Å². The maximum atomic E-state index is 11.6. The van der Waals surface area contributed by atoms with Crippen molar-refractivity contribution in [1.82, 2.24) is 9.29 Å². The summed E-state index contributed by atoms with van der Waals surface area (Å²) in [5, 5.41) is 0. The molecule has 116 valence electrons. The van der Waals surface area contributed by atoms with Gasteiger partial charge in [0.15, 0.2) is 0 Å². The lowest BCUT2D eigenvalue weighted by Gasteiger charge is -2.37. The van der Waals surface area contributed by atoms with Crippen molar-refractivity contribution in [3.05, 3.63) is 30.1 Å². The third-order valence-corrected chi connectivity index (χ3v) is 6.00. The van der Waals surface area contributed by atoms with Crippen molar-refractivity contribution >= 4 is 10.0 Å². The van der Waals surface area contributed by atoms with Crippen molar-refractivity contribution in [3.63, 3.8) is 0 Å². The topological polar surface area (TPSA) is 59.5 Å². The molecular formula is C15H22N2O3S. The highest BCUT2D eigenvalue weighted by Gasteiger charge is 2.43. The van der Waals surface area contributed by atoms with Gasteiger partial charge in [-0.05, 0) is 36.8 Å². The molecule has 21 heavy (non-hydrogen) atoms. The zero-order valence-corrected chi connectivity index (χ0v) is 13.2. The third-order valence-electron chi connectivity index (χ3n) is 4.70. The van der Waals surface area contributed by atoms with Gasteiger partial charge in [-0.15, -0.1) is 0 Å². The van der Waals surface area contributed by atoms with Gasteiger partial charge in [0.05, 0.1) is 19.0 Å². The molecule has 2 saturated heterocycles. The summed E-state index contributed by atoms with van der Waals surface area (Å²) in [6, 6.07) is 5.94. The standard InChI is InChI=1S/C15H22N2O3S/c1-21(18,19)17-8-5-15(6-9-17)11-14(20-12-15)10-13-4-2-3-7-16-13/h2-4,7,14H,5-6,8-12H2,1H3/t14-/m1/s1. The zero-order valence-electron chi connectivity index (χ0n) is 12.4. The van der Waals surface area contributed by atoms with Crippen LogP contribution in [0, 0.1) is 5.41 Å². The van der Waals surface area contributed by atoms with Crippen LogP contribution in [0.5, 0.6) is 0 Å². The van der Waals surface area contributed by atoms with Gasteiger partial charge >= 0.3 is 0 Å². The maximum absolute atomic E-state index is 11.6. The molecule has 3 rings (SSSR count). The number of hydrogen-bond acceptors (Lipinski definition) is 4. The molecule has 0 bridgehead atoms. The monoisotopic (exact) mass is 310 g/mol. The maximum Gasteiger partial charge on any atom is 0.211 e. The number of pyridine rings is 1. The Labute approximate surface area is 126 Å². The minimum absolute atomic E-state index is 0.167. The minimum Gasteiger partial charge on any atom is -0.377 e. The average molecular weight is 310 g/mol. The van der Waals surface area contributed by atoms with Gasteiger partial charge in [0.25, 0.3) is 0 Å². The molecule has 2 aliphatic rings. The Morgan fingerprint density at radius 2 is 2.14 bits per heavy atom. The van der Waals surface area contributed by atoms with Gasteiger partial charge < -0.3 is 4.74 Å². The second-order valence-electron chi connectivity index (χ2n) is 6.32. The Bertz CT molecular complexity index is 580. The van der Waals surface area contributed by atoms with Crippen LogP contribution in [0.25, 0.3) is 0 Å². The molecule has 1 spiro atoms. The number of ether oxygens (including phenoxy) is 1. The SMILES string of the molecule is CS(=O)(=O)N1CCC2(CC1)CO[C@H](Cc1ccccn1)C2. The minimum atomic E-state index is -3.05. The first-order chi connectivity index (χ1) is 9.97. The molecule has 0 amide bonds. The molecule has 0 radical (unpaired) electrons. The van der Waals surface area contributed by atoms with Crippen LogP contribution in [0.4, 0.5) is 0 Å². The third kappa shape index (κ3) is 3.44. The first-order valence-corrected chi connectivity index (χ1v) is 9.28. The summed E-state index contributed by atoms with van der Waals surface area (Å²) in [6.45, 7) is 2.00. The van der Waals surface area contributed by atoms with E-state index in [-0.39, 0.29) is 11.5 Å². The van der Waals surface area contributed by atoms with Crippen LogP contribution in [-0.4, -0.2) is 49.8 Å². The second-order valence-corrected chi connectivity index (χ2v) is 8.31. The molecule has 0 unspecified atom stereocenters. The van der Waals surface area contributed by atoms with Crippen LogP contribution in [0.3, 0.4) is 0 Å². The lowest BCUT2D eigenvalue weighted by atomic mass is 9.77. The van der Waals surface area contributed by atoms with Gasteiger partial charge in [-0.25, -0.2) is 12.7 Å². The van der Waals surface area contributed by atoms with Crippen molar-refractivity contribution in [1.29, 1.82) is 0 Å². The van der Waals surface area contributed by atoms with Crippen molar-refractivity contribution in [2.75, 3.05) is 26.0 Å². The van der Waals surface area contributed by atoms with Crippen molar-refractivity contribution in [3.8, 4) is 0 Å². The highest BCUT2D eigenvalue weighted by atomic mass is 32.2. The average Bonchev–Trinajstić information content (AvgIpc) is 2.82. The molecule has 0 aromatic carbocycles. The van der Waals surface area contributed by atoms with E-state index in [0.717, 1.165) is 38.0 Å². The summed E-state index contributed by atoms with van der Waals surface area (Å²) in [7, 11) is -3.05. The lowest BCUT2D eigenvalue weighted by molar-refractivity contribution is 0.0790. The van der Waals surface area contributed by atoms with E-state index in [1.54, 1.807) is 4.31 Å². The van der Waals surface area contributed by atoms with Gasteiger partial charge in [0.1, 0.15) is 0 Å². The van der Waals surface area contributed by atoms with Crippen LogP contribution in [0.2, 0.25) is 0 Å². The van der Waals surface area contributed by atoms with E-state index in [2.05, 4.69) is 4.98 Å². The quantitative estimate of drug-likeness (QED) is 0.848. The highest BCUT2D eigenvalue weighted by Crippen LogP contribution is 2.42. The van der Waals surface area contributed by atoms with E-state index < -0.39 is 10.0 Å². The van der Waals surface area contributed by atoms with Gasteiger partial charge in [0, 0.05) is 31.4 Å². The first-order valence-electron chi connectivity index (χ1n) is 7.44. The summed E-state index contributed by atoms with van der Waals surface area (Å²) in [5.41, 5.74) is 1.23. The summed E-state index contributed by atoms with van der Waals surface area (Å²) in [4.78, 5) is 4.35. The Morgan fingerprint density at radius 1 is 1.38 bits per heavy atom. The molecular weight excluding hydrogens is 288 g/mol. The fourth-order valence-electron chi connectivity index (χ4n) is 3.42. The van der Waals surface area contributed by atoms with E-state index >= 15 is 0 Å². The smallest absolute Gasteiger partial charge is 0.211 e. The normalized spacial score (nSPS) is 26.2. The van der Waals surface area contributed by atoms with Gasteiger partial charge in [-0.1, -0.05) is 6.07 Å². The van der Waals surface area contributed by atoms with E-state index in [4.69, 9.17) is 4.74 Å². The summed E-state index contributed by atoms with van der Waals surface area (Å²) < 4.78 is 30.7. The van der Waals surface area contributed by atoms with E-state index in [0.29, 0.717) is 13.1 Å². The molecule has 6 heteroatoms. The second kappa shape index (κ2) is 5.66. The summed E-state index contributed by atoms with van der Waals surface area (Å²) in [6.07, 6.45) is 6.98. The summed E-state index contributed by atoms with van der Waals surface area (Å²) >= 11 is 0. The number of sulfonamides is 1. The number of hydrogen-bond donors (Lipinski definition) is 0. The highest BCUT2D eigenvalue weighted by molar-refractivity contribution is 7.88. The molecule has 5 nitrogen and oxygen atoms in total. The van der Waals surface area contributed by atoms with Crippen molar-refractivity contribution in [2.24, 2.45) is 5.41 Å². The Kier molecular flexibility index (Phi) is 4.03. The molecule has 2 fully saturated rings. The molecule has 2 aliphatic heterocycles. The Morgan fingerprint density at radius 3 is 2.76 bits per heavy atom. The van der Waals surface area contributed by atoms with Crippen LogP contribution in [-0.2, 0) is 21.2 Å². The summed E-state index contributed by atoms with van der Waals surface area (Å²) in [5.74, 6) is 0. The fourth-order valence-corrected chi connectivity index (χ4v) is 4.27. The van der Waals surface area contributed by atoms with Gasteiger partial charge in [0.2, 0.25) is 10.0 Å². The fraction of sp³-hybridized carbons (Fsp3) is 0.667. The molecule has 1 aromatic heterocycles. The molecule has 1 atom stereocenters. The molecule has 3 heterocycles. The van der Waals surface area contributed by atoms with Crippen LogP contribution < -0.4 is 0 Å². The Balaban J connectivity index is 1.58. The number of aromatic nitrogens is 1. The number of rotatable bonds is 3. The van der Waals surface area contributed by atoms with E-state index in [1.807, 2.05) is 24.4 Å². The van der Waals surface area contributed by atoms with Crippen LogP contribution in [0.15, 0.2) is 24.4 Å². The lowest BCUT2D eigenvalue weighted by Crippen LogP contribution is -2.43. The first kappa shape index (κ1) is 14.9. The van der Waals surface area contributed by atoms with Crippen molar-refractivity contribution in [2.45, 2.75) is 31.8 Å². The zero-order chi connectivity index (χ0) is 14.9. The van der Waals surface area contributed by atoms with Gasteiger partial charge in [-0.2, -0.15) is 0 Å². The number of nitrogens with zero attached hydrogens (tertiary/aromatic N) is 2. The largest absolute Gasteiger partial charge is 0.377 e. The molecule has 0 N–H and O–H groups in total.